The first-order chi connectivity index (χ1) is 12.3. The smallest absolute Gasteiger partial charge is 0.138 e. The summed E-state index contributed by atoms with van der Waals surface area (Å²) in [5.74, 6) is 1.75. The standard InChI is InChI=1S/C21H19N3O/c1-25-18-11-9-17(10-12-18)22-14-15-5-4-6-16(13-15)21-23-19-7-2-3-8-20(19)24-21/h2-13,22H,14H2,1H3,(H,23,24). The Bertz CT molecular complexity index is 956. The molecule has 0 aliphatic rings. The summed E-state index contributed by atoms with van der Waals surface area (Å²) in [7, 11) is 1.67. The minimum atomic E-state index is 0.750. The number of imidazole rings is 1. The second-order valence-corrected chi connectivity index (χ2v) is 5.88. The first-order valence-electron chi connectivity index (χ1n) is 8.24. The van der Waals surface area contributed by atoms with Crippen LogP contribution in [0.25, 0.3) is 22.4 Å². The number of para-hydroxylation sites is 2. The molecule has 1 aromatic heterocycles. The van der Waals surface area contributed by atoms with Crippen molar-refractivity contribution in [3.8, 4) is 17.1 Å². The number of aromatic amines is 1. The average Bonchev–Trinajstić information content (AvgIpc) is 3.11. The SMILES string of the molecule is COc1ccc(NCc2cccc(-c3nc4ccccc4[nH]3)c2)cc1. The van der Waals surface area contributed by atoms with Crippen LogP contribution in [-0.4, -0.2) is 17.1 Å². The maximum Gasteiger partial charge on any atom is 0.138 e. The summed E-state index contributed by atoms with van der Waals surface area (Å²) in [5, 5.41) is 3.43. The third kappa shape index (κ3) is 3.33. The lowest BCUT2D eigenvalue weighted by atomic mass is 10.1. The van der Waals surface area contributed by atoms with Gasteiger partial charge in [-0.25, -0.2) is 4.98 Å². The van der Waals surface area contributed by atoms with Gasteiger partial charge in [-0.2, -0.15) is 0 Å². The molecule has 2 N–H and O–H groups in total. The zero-order valence-electron chi connectivity index (χ0n) is 14.0. The second-order valence-electron chi connectivity index (χ2n) is 5.88. The highest BCUT2D eigenvalue weighted by Crippen LogP contribution is 2.22. The van der Waals surface area contributed by atoms with Gasteiger partial charge in [0.15, 0.2) is 0 Å². The van der Waals surface area contributed by atoms with Gasteiger partial charge in [0.1, 0.15) is 11.6 Å². The van der Waals surface area contributed by atoms with Gasteiger partial charge in [0.2, 0.25) is 0 Å². The molecule has 0 atom stereocenters. The van der Waals surface area contributed by atoms with E-state index in [0.717, 1.165) is 40.4 Å². The first-order valence-corrected chi connectivity index (χ1v) is 8.24. The summed E-state index contributed by atoms with van der Waals surface area (Å²) >= 11 is 0. The van der Waals surface area contributed by atoms with Crippen LogP contribution in [0.15, 0.2) is 72.8 Å². The maximum atomic E-state index is 5.18. The highest BCUT2D eigenvalue weighted by molar-refractivity contribution is 5.79. The van der Waals surface area contributed by atoms with E-state index >= 15 is 0 Å². The Hall–Kier alpha value is -3.27. The number of hydrogen-bond donors (Lipinski definition) is 2. The number of rotatable bonds is 5. The van der Waals surface area contributed by atoms with Gasteiger partial charge in [0, 0.05) is 17.8 Å². The van der Waals surface area contributed by atoms with Crippen molar-refractivity contribution >= 4 is 16.7 Å². The third-order valence-corrected chi connectivity index (χ3v) is 4.18. The van der Waals surface area contributed by atoms with Crippen molar-refractivity contribution in [1.29, 1.82) is 0 Å². The molecule has 4 nitrogen and oxygen atoms in total. The first kappa shape index (κ1) is 15.3. The van der Waals surface area contributed by atoms with E-state index < -0.39 is 0 Å². The highest BCUT2D eigenvalue weighted by Gasteiger charge is 2.05. The molecular weight excluding hydrogens is 310 g/mol. The molecule has 4 heteroatoms. The number of nitrogens with one attached hydrogen (secondary N) is 2. The number of ether oxygens (including phenoxy) is 1. The van der Waals surface area contributed by atoms with E-state index in [1.165, 1.54) is 5.56 Å². The molecule has 1 heterocycles. The summed E-state index contributed by atoms with van der Waals surface area (Å²) in [6.45, 7) is 0.750. The Labute approximate surface area is 146 Å². The fourth-order valence-corrected chi connectivity index (χ4v) is 2.83. The molecule has 0 fully saturated rings. The number of methoxy groups -OCH3 is 1. The molecule has 0 radical (unpaired) electrons. The van der Waals surface area contributed by atoms with E-state index in [-0.39, 0.29) is 0 Å². The van der Waals surface area contributed by atoms with Crippen LogP contribution < -0.4 is 10.1 Å². The summed E-state index contributed by atoms with van der Waals surface area (Å²) in [5.41, 5.74) is 5.40. The number of aromatic nitrogens is 2. The maximum absolute atomic E-state index is 5.18. The fraction of sp³-hybridized carbons (Fsp3) is 0.0952. The van der Waals surface area contributed by atoms with E-state index in [9.17, 15) is 0 Å². The molecule has 4 aromatic rings. The molecule has 0 unspecified atom stereocenters. The Morgan fingerprint density at radius 2 is 1.80 bits per heavy atom. The van der Waals surface area contributed by atoms with Crippen molar-refractivity contribution in [3.05, 3.63) is 78.4 Å². The molecule has 0 aliphatic heterocycles. The fourth-order valence-electron chi connectivity index (χ4n) is 2.83. The largest absolute Gasteiger partial charge is 0.497 e. The summed E-state index contributed by atoms with van der Waals surface area (Å²) < 4.78 is 5.18. The Morgan fingerprint density at radius 3 is 2.60 bits per heavy atom. The van der Waals surface area contributed by atoms with Gasteiger partial charge >= 0.3 is 0 Å². The number of hydrogen-bond acceptors (Lipinski definition) is 3. The lowest BCUT2D eigenvalue weighted by Gasteiger charge is -2.08. The van der Waals surface area contributed by atoms with Gasteiger partial charge in [0.25, 0.3) is 0 Å². The van der Waals surface area contributed by atoms with Crippen molar-refractivity contribution in [1.82, 2.24) is 9.97 Å². The van der Waals surface area contributed by atoms with Crippen LogP contribution in [-0.2, 0) is 6.54 Å². The number of H-pyrrole nitrogens is 1. The molecule has 0 spiro atoms. The predicted octanol–water partition coefficient (Wildman–Crippen LogP) is 4.85. The van der Waals surface area contributed by atoms with Crippen LogP contribution in [0.5, 0.6) is 5.75 Å². The third-order valence-electron chi connectivity index (χ3n) is 4.18. The number of nitrogens with zero attached hydrogens (tertiary/aromatic N) is 1. The Kier molecular flexibility index (Phi) is 4.09. The van der Waals surface area contributed by atoms with Gasteiger partial charge in [-0.3, -0.25) is 0 Å². The molecule has 0 saturated carbocycles. The van der Waals surface area contributed by atoms with Crippen molar-refractivity contribution < 1.29 is 4.74 Å². The summed E-state index contributed by atoms with van der Waals surface area (Å²) in [6, 6.07) is 24.4. The number of benzene rings is 3. The quantitative estimate of drug-likeness (QED) is 0.550. The Balaban J connectivity index is 1.52. The molecule has 0 bridgehead atoms. The molecule has 0 amide bonds. The molecular formula is C21H19N3O. The van der Waals surface area contributed by atoms with Crippen LogP contribution in [0.4, 0.5) is 5.69 Å². The molecule has 4 rings (SSSR count). The van der Waals surface area contributed by atoms with E-state index in [1.54, 1.807) is 7.11 Å². The van der Waals surface area contributed by atoms with E-state index in [1.807, 2.05) is 48.5 Å². The van der Waals surface area contributed by atoms with Crippen molar-refractivity contribution in [3.63, 3.8) is 0 Å². The summed E-state index contributed by atoms with van der Waals surface area (Å²) in [6.07, 6.45) is 0. The van der Waals surface area contributed by atoms with Crippen LogP contribution in [0.3, 0.4) is 0 Å². The second kappa shape index (κ2) is 6.69. The van der Waals surface area contributed by atoms with Gasteiger partial charge in [-0.15, -0.1) is 0 Å². The lowest BCUT2D eigenvalue weighted by molar-refractivity contribution is 0.415. The normalized spacial score (nSPS) is 10.8. The zero-order valence-corrected chi connectivity index (χ0v) is 14.0. The molecule has 124 valence electrons. The number of fused-ring (bicyclic) bond motifs is 1. The van der Waals surface area contributed by atoms with Gasteiger partial charge in [-0.1, -0.05) is 30.3 Å². The molecule has 3 aromatic carbocycles. The van der Waals surface area contributed by atoms with Gasteiger partial charge in [-0.05, 0) is 48.0 Å². The highest BCUT2D eigenvalue weighted by atomic mass is 16.5. The van der Waals surface area contributed by atoms with Crippen molar-refractivity contribution in [2.24, 2.45) is 0 Å². The lowest BCUT2D eigenvalue weighted by Crippen LogP contribution is -1.99. The van der Waals surface area contributed by atoms with Crippen LogP contribution in [0.2, 0.25) is 0 Å². The van der Waals surface area contributed by atoms with Gasteiger partial charge < -0.3 is 15.0 Å². The molecule has 0 aliphatic carbocycles. The van der Waals surface area contributed by atoms with Crippen molar-refractivity contribution in [2.45, 2.75) is 6.54 Å². The van der Waals surface area contributed by atoms with Crippen molar-refractivity contribution in [2.75, 3.05) is 12.4 Å². The summed E-state index contributed by atoms with van der Waals surface area (Å²) in [4.78, 5) is 8.05. The van der Waals surface area contributed by atoms with Crippen LogP contribution >= 0.6 is 0 Å². The predicted molar refractivity (Wildman–Crippen MR) is 102 cm³/mol. The molecule has 0 saturated heterocycles. The number of anilines is 1. The van der Waals surface area contributed by atoms with E-state index in [2.05, 4.69) is 39.6 Å². The van der Waals surface area contributed by atoms with Crippen LogP contribution in [0.1, 0.15) is 5.56 Å². The Morgan fingerprint density at radius 1 is 0.960 bits per heavy atom. The monoisotopic (exact) mass is 329 g/mol. The topological polar surface area (TPSA) is 49.9 Å². The average molecular weight is 329 g/mol. The minimum Gasteiger partial charge on any atom is -0.497 e. The van der Waals surface area contributed by atoms with E-state index in [0.29, 0.717) is 0 Å². The molecule has 25 heavy (non-hydrogen) atoms. The minimum absolute atomic E-state index is 0.750. The van der Waals surface area contributed by atoms with Crippen LogP contribution in [0, 0.1) is 0 Å². The van der Waals surface area contributed by atoms with Gasteiger partial charge in [0.05, 0.1) is 18.1 Å². The zero-order chi connectivity index (χ0) is 17.1. The van der Waals surface area contributed by atoms with E-state index in [4.69, 9.17) is 4.74 Å².